The highest BCUT2D eigenvalue weighted by Crippen LogP contribution is 2.32. The third kappa shape index (κ3) is 3.68. The first-order valence-corrected chi connectivity index (χ1v) is 7.55. The largest absolute Gasteiger partial charge is 0.486 e. The highest BCUT2D eigenvalue weighted by atomic mass is 16.6. The lowest BCUT2D eigenvalue weighted by atomic mass is 10.2. The van der Waals surface area contributed by atoms with E-state index in [0.29, 0.717) is 36.2 Å². The fraction of sp³-hybridized carbons (Fsp3) is 0.312. The summed E-state index contributed by atoms with van der Waals surface area (Å²) in [5.74, 6) is 1.64. The fourth-order valence-electron chi connectivity index (χ4n) is 2.12. The Labute approximate surface area is 134 Å². The number of carbonyl (C=O) groups is 1. The van der Waals surface area contributed by atoms with Gasteiger partial charge in [-0.1, -0.05) is 6.92 Å². The molecule has 7 heteroatoms. The second kappa shape index (κ2) is 6.95. The molecule has 1 aromatic carbocycles. The van der Waals surface area contributed by atoms with Crippen LogP contribution in [-0.4, -0.2) is 35.9 Å². The van der Waals surface area contributed by atoms with Crippen molar-refractivity contribution in [3.63, 3.8) is 0 Å². The van der Waals surface area contributed by atoms with E-state index >= 15 is 0 Å². The Morgan fingerprint density at radius 1 is 1.13 bits per heavy atom. The lowest BCUT2D eigenvalue weighted by molar-refractivity contribution is 0.102. The molecule has 23 heavy (non-hydrogen) atoms. The van der Waals surface area contributed by atoms with Crippen LogP contribution in [0.1, 0.15) is 23.8 Å². The van der Waals surface area contributed by atoms with E-state index in [1.54, 1.807) is 30.3 Å². The fourth-order valence-corrected chi connectivity index (χ4v) is 2.12. The second-order valence-electron chi connectivity index (χ2n) is 5.04. The zero-order valence-electron chi connectivity index (χ0n) is 12.8. The Hall–Kier alpha value is -2.83. The Morgan fingerprint density at radius 2 is 1.96 bits per heavy atom. The molecule has 0 atom stereocenters. The molecule has 0 spiro atoms. The zero-order chi connectivity index (χ0) is 16.1. The smallest absolute Gasteiger partial charge is 0.276 e. The number of amides is 1. The molecule has 0 saturated carbocycles. The number of anilines is 2. The molecule has 120 valence electrons. The van der Waals surface area contributed by atoms with Gasteiger partial charge in [0.1, 0.15) is 19.0 Å². The van der Waals surface area contributed by atoms with Crippen LogP contribution in [0.25, 0.3) is 0 Å². The quantitative estimate of drug-likeness (QED) is 0.881. The number of rotatable bonds is 5. The summed E-state index contributed by atoms with van der Waals surface area (Å²) >= 11 is 0. The minimum Gasteiger partial charge on any atom is -0.486 e. The topological polar surface area (TPSA) is 85.4 Å². The van der Waals surface area contributed by atoms with Gasteiger partial charge in [0.25, 0.3) is 5.91 Å². The molecule has 1 aromatic heterocycles. The molecular formula is C16H18N4O3. The SMILES string of the molecule is CCCNc1ccc(C(=O)Nc2ccc3c(c2)OCCO3)nn1. The zero-order valence-corrected chi connectivity index (χ0v) is 12.8. The van der Waals surface area contributed by atoms with Gasteiger partial charge in [-0.3, -0.25) is 4.79 Å². The van der Waals surface area contributed by atoms with Crippen molar-refractivity contribution in [1.82, 2.24) is 10.2 Å². The average molecular weight is 314 g/mol. The third-order valence-corrected chi connectivity index (χ3v) is 3.25. The van der Waals surface area contributed by atoms with Gasteiger partial charge in [-0.05, 0) is 30.7 Å². The molecule has 1 aliphatic rings. The van der Waals surface area contributed by atoms with Crippen molar-refractivity contribution in [2.24, 2.45) is 0 Å². The molecule has 0 radical (unpaired) electrons. The minimum atomic E-state index is -0.323. The molecule has 2 heterocycles. The van der Waals surface area contributed by atoms with Gasteiger partial charge >= 0.3 is 0 Å². The van der Waals surface area contributed by atoms with Crippen LogP contribution in [0.2, 0.25) is 0 Å². The monoisotopic (exact) mass is 314 g/mol. The van der Waals surface area contributed by atoms with Crippen LogP contribution in [0, 0.1) is 0 Å². The van der Waals surface area contributed by atoms with Crippen LogP contribution in [0.3, 0.4) is 0 Å². The second-order valence-corrected chi connectivity index (χ2v) is 5.04. The summed E-state index contributed by atoms with van der Waals surface area (Å²) in [6, 6.07) is 8.64. The van der Waals surface area contributed by atoms with Gasteiger partial charge in [0.2, 0.25) is 0 Å². The average Bonchev–Trinajstić information content (AvgIpc) is 2.60. The van der Waals surface area contributed by atoms with E-state index in [1.165, 1.54) is 0 Å². The van der Waals surface area contributed by atoms with Crippen LogP contribution in [0.4, 0.5) is 11.5 Å². The molecule has 0 saturated heterocycles. The van der Waals surface area contributed by atoms with Gasteiger partial charge in [-0.25, -0.2) is 0 Å². The summed E-state index contributed by atoms with van der Waals surface area (Å²) in [7, 11) is 0. The number of carbonyl (C=O) groups excluding carboxylic acids is 1. The maximum absolute atomic E-state index is 12.2. The minimum absolute atomic E-state index is 0.252. The molecule has 0 unspecified atom stereocenters. The summed E-state index contributed by atoms with van der Waals surface area (Å²) in [6.45, 7) is 3.92. The highest BCUT2D eigenvalue weighted by Gasteiger charge is 2.14. The third-order valence-electron chi connectivity index (χ3n) is 3.25. The van der Waals surface area contributed by atoms with Crippen molar-refractivity contribution in [2.75, 3.05) is 30.4 Å². The first-order valence-electron chi connectivity index (χ1n) is 7.55. The molecular weight excluding hydrogens is 296 g/mol. The van der Waals surface area contributed by atoms with Gasteiger partial charge in [0.15, 0.2) is 17.2 Å². The molecule has 1 aliphatic heterocycles. The van der Waals surface area contributed by atoms with Crippen LogP contribution >= 0.6 is 0 Å². The molecule has 2 aromatic rings. The first kappa shape index (κ1) is 15.1. The number of nitrogens with one attached hydrogen (secondary N) is 2. The van der Waals surface area contributed by atoms with Crippen molar-refractivity contribution >= 4 is 17.4 Å². The number of ether oxygens (including phenoxy) is 2. The summed E-state index contributed by atoms with van der Waals surface area (Å²) in [4.78, 5) is 12.2. The van der Waals surface area contributed by atoms with Gasteiger partial charge in [-0.2, -0.15) is 0 Å². The summed E-state index contributed by atoms with van der Waals surface area (Å²) in [6.07, 6.45) is 0.994. The molecule has 1 amide bonds. The number of hydrogen-bond donors (Lipinski definition) is 2. The van der Waals surface area contributed by atoms with Gasteiger partial charge in [-0.15, -0.1) is 10.2 Å². The maximum Gasteiger partial charge on any atom is 0.276 e. The van der Waals surface area contributed by atoms with E-state index in [-0.39, 0.29) is 11.6 Å². The predicted molar refractivity (Wildman–Crippen MR) is 86.2 cm³/mol. The molecule has 7 nitrogen and oxygen atoms in total. The standard InChI is InChI=1S/C16H18N4O3/c1-2-7-17-15-6-4-12(19-20-15)16(21)18-11-3-5-13-14(10-11)23-9-8-22-13/h3-6,10H,2,7-9H2,1H3,(H,17,20)(H,18,21). The van der Waals surface area contributed by atoms with Crippen LogP contribution in [-0.2, 0) is 0 Å². The van der Waals surface area contributed by atoms with Crippen LogP contribution in [0.15, 0.2) is 30.3 Å². The van der Waals surface area contributed by atoms with Crippen molar-refractivity contribution in [3.05, 3.63) is 36.0 Å². The lowest BCUT2D eigenvalue weighted by Crippen LogP contribution is -2.17. The number of benzene rings is 1. The molecule has 0 aliphatic carbocycles. The van der Waals surface area contributed by atoms with E-state index in [9.17, 15) is 4.79 Å². The predicted octanol–water partition coefficient (Wildman–Crippen LogP) is 2.32. The van der Waals surface area contributed by atoms with Crippen molar-refractivity contribution in [1.29, 1.82) is 0 Å². The van der Waals surface area contributed by atoms with E-state index < -0.39 is 0 Å². The van der Waals surface area contributed by atoms with E-state index in [4.69, 9.17) is 9.47 Å². The van der Waals surface area contributed by atoms with Crippen molar-refractivity contribution in [2.45, 2.75) is 13.3 Å². The Kier molecular flexibility index (Phi) is 4.56. The normalized spacial score (nSPS) is 12.6. The number of nitrogens with zero attached hydrogens (tertiary/aromatic N) is 2. The summed E-state index contributed by atoms with van der Waals surface area (Å²) in [5.41, 5.74) is 0.871. The molecule has 0 fully saturated rings. The molecule has 3 rings (SSSR count). The van der Waals surface area contributed by atoms with Gasteiger partial charge < -0.3 is 20.1 Å². The van der Waals surface area contributed by atoms with Gasteiger partial charge in [0.05, 0.1) is 0 Å². The molecule has 0 bridgehead atoms. The van der Waals surface area contributed by atoms with E-state index in [0.717, 1.165) is 13.0 Å². The van der Waals surface area contributed by atoms with E-state index in [2.05, 4.69) is 27.8 Å². The number of aromatic nitrogens is 2. The number of hydrogen-bond acceptors (Lipinski definition) is 6. The van der Waals surface area contributed by atoms with Crippen LogP contribution < -0.4 is 20.1 Å². The Bertz CT molecular complexity index is 688. The van der Waals surface area contributed by atoms with Crippen LogP contribution in [0.5, 0.6) is 11.5 Å². The Morgan fingerprint density at radius 3 is 2.70 bits per heavy atom. The van der Waals surface area contributed by atoms with E-state index in [1.807, 2.05) is 0 Å². The summed E-state index contributed by atoms with van der Waals surface area (Å²) in [5, 5.41) is 13.8. The Balaban J connectivity index is 1.66. The van der Waals surface area contributed by atoms with Crippen molar-refractivity contribution < 1.29 is 14.3 Å². The maximum atomic E-state index is 12.2. The number of fused-ring (bicyclic) bond motifs is 1. The first-order chi connectivity index (χ1) is 11.3. The molecule has 2 N–H and O–H groups in total. The van der Waals surface area contributed by atoms with Gasteiger partial charge in [0, 0.05) is 18.3 Å². The highest BCUT2D eigenvalue weighted by molar-refractivity contribution is 6.02. The van der Waals surface area contributed by atoms with Crippen molar-refractivity contribution in [3.8, 4) is 11.5 Å². The summed E-state index contributed by atoms with van der Waals surface area (Å²) < 4.78 is 10.9. The lowest BCUT2D eigenvalue weighted by Gasteiger charge is -2.18.